The fraction of sp³-hybridized carbons (Fsp3) is 0.480. The summed E-state index contributed by atoms with van der Waals surface area (Å²) in [6.45, 7) is 4.99. The molecule has 0 unspecified atom stereocenters. The van der Waals surface area contributed by atoms with Gasteiger partial charge < -0.3 is 14.5 Å². The van der Waals surface area contributed by atoms with E-state index in [1.165, 1.54) is 29.5 Å². The summed E-state index contributed by atoms with van der Waals surface area (Å²) in [5, 5.41) is 0. The van der Waals surface area contributed by atoms with Gasteiger partial charge in [0.05, 0.1) is 6.61 Å². The molecule has 0 bridgehead atoms. The van der Waals surface area contributed by atoms with Crippen molar-refractivity contribution in [2.24, 2.45) is 5.92 Å². The summed E-state index contributed by atoms with van der Waals surface area (Å²) in [6.07, 6.45) is 4.43. The third kappa shape index (κ3) is 4.81. The molecule has 1 fully saturated rings. The Bertz CT molecular complexity index is 858. The average Bonchev–Trinajstić information content (AvgIpc) is 3.48. The number of ether oxygens (including phenoxy) is 1. The number of fused-ring (bicyclic) bond motifs is 1. The lowest BCUT2D eigenvalue weighted by Crippen LogP contribution is -2.37. The van der Waals surface area contributed by atoms with Gasteiger partial charge in [0, 0.05) is 25.2 Å². The molecule has 0 aromatic heterocycles. The van der Waals surface area contributed by atoms with Crippen LogP contribution in [0.4, 0.5) is 0 Å². The second kappa shape index (κ2) is 8.58. The minimum absolute atomic E-state index is 0.0856. The van der Waals surface area contributed by atoms with Crippen LogP contribution < -0.4 is 4.74 Å². The van der Waals surface area contributed by atoms with E-state index >= 15 is 0 Å². The Hall–Kier alpha value is -2.33. The number of nitrogens with zero attached hydrogens (tertiary/aromatic N) is 2. The Morgan fingerprint density at radius 2 is 1.76 bits per heavy atom. The first-order chi connectivity index (χ1) is 14.0. The van der Waals surface area contributed by atoms with Gasteiger partial charge in [-0.3, -0.25) is 4.79 Å². The third-order valence-corrected chi connectivity index (χ3v) is 6.33. The number of likely N-dealkylation sites (N-methyl/N-ethyl adjacent to an activating group) is 1. The second-order valence-electron chi connectivity index (χ2n) is 8.69. The van der Waals surface area contributed by atoms with Gasteiger partial charge in [-0.2, -0.15) is 0 Å². The second-order valence-corrected chi connectivity index (χ2v) is 8.69. The molecule has 1 amide bonds. The van der Waals surface area contributed by atoms with Crippen molar-refractivity contribution in [3.8, 4) is 5.75 Å². The van der Waals surface area contributed by atoms with E-state index in [2.05, 4.69) is 37.1 Å². The van der Waals surface area contributed by atoms with E-state index in [9.17, 15) is 4.79 Å². The number of amides is 1. The maximum Gasteiger partial charge on any atom is 0.253 e. The van der Waals surface area contributed by atoms with Gasteiger partial charge in [-0.25, -0.2) is 0 Å². The molecule has 0 aliphatic heterocycles. The quantitative estimate of drug-likeness (QED) is 0.676. The normalized spacial score (nSPS) is 18.0. The molecule has 4 heteroatoms. The van der Waals surface area contributed by atoms with Crippen LogP contribution in [0, 0.1) is 5.92 Å². The highest BCUT2D eigenvalue weighted by Gasteiger charge is 2.28. The molecule has 2 aliphatic carbocycles. The van der Waals surface area contributed by atoms with Crippen LogP contribution in [-0.4, -0.2) is 49.0 Å². The Balaban J connectivity index is 1.37. The molecule has 154 valence electrons. The number of carbonyl (C=O) groups is 1. The number of rotatable bonds is 8. The average molecular weight is 393 g/mol. The first-order valence-corrected chi connectivity index (χ1v) is 10.8. The molecular weight excluding hydrogens is 360 g/mol. The van der Waals surface area contributed by atoms with Crippen molar-refractivity contribution >= 4 is 5.91 Å². The molecule has 0 saturated heterocycles. The first-order valence-electron chi connectivity index (χ1n) is 10.8. The number of hydrogen-bond donors (Lipinski definition) is 0. The minimum Gasteiger partial charge on any atom is -0.493 e. The van der Waals surface area contributed by atoms with Crippen molar-refractivity contribution in [1.29, 1.82) is 0 Å². The molecule has 1 saturated carbocycles. The molecule has 2 aliphatic rings. The smallest absolute Gasteiger partial charge is 0.253 e. The van der Waals surface area contributed by atoms with Gasteiger partial charge in [-0.05, 0) is 86.1 Å². The zero-order valence-electron chi connectivity index (χ0n) is 17.9. The van der Waals surface area contributed by atoms with Crippen molar-refractivity contribution in [2.75, 3.05) is 27.2 Å². The lowest BCUT2D eigenvalue weighted by Gasteiger charge is -2.24. The third-order valence-electron chi connectivity index (χ3n) is 6.33. The van der Waals surface area contributed by atoms with E-state index < -0.39 is 0 Å². The summed E-state index contributed by atoms with van der Waals surface area (Å²) >= 11 is 0. The van der Waals surface area contributed by atoms with E-state index in [0.717, 1.165) is 49.8 Å². The summed E-state index contributed by atoms with van der Waals surface area (Å²) in [4.78, 5) is 17.2. The predicted molar refractivity (Wildman–Crippen MR) is 116 cm³/mol. The van der Waals surface area contributed by atoms with Crippen molar-refractivity contribution in [3.63, 3.8) is 0 Å². The SMILES string of the molecule is CCN(C)Cc1ccc2c(c1)C[C@H](N(C)C(=O)c1ccc(OCC3CC3)cc1)C2. The summed E-state index contributed by atoms with van der Waals surface area (Å²) < 4.78 is 5.79. The zero-order chi connectivity index (χ0) is 20.4. The van der Waals surface area contributed by atoms with Gasteiger partial charge >= 0.3 is 0 Å². The van der Waals surface area contributed by atoms with Crippen LogP contribution >= 0.6 is 0 Å². The Kier molecular flexibility index (Phi) is 5.91. The highest BCUT2D eigenvalue weighted by atomic mass is 16.5. The van der Waals surface area contributed by atoms with Crippen LogP contribution in [0.1, 0.15) is 46.8 Å². The summed E-state index contributed by atoms with van der Waals surface area (Å²) in [7, 11) is 4.08. The van der Waals surface area contributed by atoms with Gasteiger partial charge in [0.2, 0.25) is 0 Å². The maximum atomic E-state index is 13.0. The number of benzene rings is 2. The van der Waals surface area contributed by atoms with E-state index in [1.54, 1.807) is 0 Å². The lowest BCUT2D eigenvalue weighted by molar-refractivity contribution is 0.0737. The molecule has 0 radical (unpaired) electrons. The Morgan fingerprint density at radius 1 is 1.03 bits per heavy atom. The van der Waals surface area contributed by atoms with Crippen LogP contribution in [0.25, 0.3) is 0 Å². The lowest BCUT2D eigenvalue weighted by atomic mass is 10.1. The standard InChI is InChI=1S/C25H32N2O2/c1-4-26(2)16-19-7-8-21-14-23(15-22(21)13-19)27(3)25(28)20-9-11-24(12-10-20)29-17-18-5-6-18/h7-13,18,23H,4-6,14-17H2,1-3H3/t23-/m1/s1. The van der Waals surface area contributed by atoms with Crippen LogP contribution in [0.15, 0.2) is 42.5 Å². The van der Waals surface area contributed by atoms with Crippen molar-refractivity contribution in [2.45, 2.75) is 45.2 Å². The Labute approximate surface area is 174 Å². The molecule has 0 N–H and O–H groups in total. The van der Waals surface area contributed by atoms with Gasteiger partial charge in [-0.15, -0.1) is 0 Å². The van der Waals surface area contributed by atoms with E-state index in [0.29, 0.717) is 0 Å². The fourth-order valence-electron chi connectivity index (χ4n) is 4.01. The van der Waals surface area contributed by atoms with E-state index in [-0.39, 0.29) is 11.9 Å². The molecule has 2 aromatic rings. The molecule has 1 atom stereocenters. The predicted octanol–water partition coefficient (Wildman–Crippen LogP) is 4.17. The van der Waals surface area contributed by atoms with E-state index in [1.807, 2.05) is 36.2 Å². The van der Waals surface area contributed by atoms with Crippen molar-refractivity contribution in [1.82, 2.24) is 9.80 Å². The minimum atomic E-state index is 0.0856. The van der Waals surface area contributed by atoms with Crippen LogP contribution in [0.5, 0.6) is 5.75 Å². The molecule has 29 heavy (non-hydrogen) atoms. The molecule has 2 aromatic carbocycles. The van der Waals surface area contributed by atoms with Gasteiger partial charge in [-0.1, -0.05) is 25.1 Å². The number of hydrogen-bond acceptors (Lipinski definition) is 3. The first kappa shape index (κ1) is 20.0. The fourth-order valence-corrected chi connectivity index (χ4v) is 4.01. The summed E-state index contributed by atoms with van der Waals surface area (Å²) in [5.41, 5.74) is 4.85. The monoisotopic (exact) mass is 392 g/mol. The van der Waals surface area contributed by atoms with Crippen LogP contribution in [-0.2, 0) is 19.4 Å². The van der Waals surface area contributed by atoms with Gasteiger partial charge in [0.25, 0.3) is 5.91 Å². The molecule has 0 heterocycles. The highest BCUT2D eigenvalue weighted by molar-refractivity contribution is 5.94. The Morgan fingerprint density at radius 3 is 2.45 bits per heavy atom. The number of carbonyl (C=O) groups excluding carboxylic acids is 1. The highest BCUT2D eigenvalue weighted by Crippen LogP contribution is 2.30. The molecule has 4 nitrogen and oxygen atoms in total. The van der Waals surface area contributed by atoms with Crippen LogP contribution in [0.2, 0.25) is 0 Å². The van der Waals surface area contributed by atoms with Crippen LogP contribution in [0.3, 0.4) is 0 Å². The maximum absolute atomic E-state index is 13.0. The largest absolute Gasteiger partial charge is 0.493 e. The van der Waals surface area contributed by atoms with Gasteiger partial charge in [0.15, 0.2) is 0 Å². The van der Waals surface area contributed by atoms with Crippen molar-refractivity contribution < 1.29 is 9.53 Å². The van der Waals surface area contributed by atoms with E-state index in [4.69, 9.17) is 4.74 Å². The molecule has 4 rings (SSSR count). The summed E-state index contributed by atoms with van der Waals surface area (Å²) in [6, 6.07) is 14.7. The van der Waals surface area contributed by atoms with Crippen molar-refractivity contribution in [3.05, 3.63) is 64.7 Å². The molecular formula is C25H32N2O2. The summed E-state index contributed by atoms with van der Waals surface area (Å²) in [5.74, 6) is 1.67. The molecule has 0 spiro atoms. The topological polar surface area (TPSA) is 32.8 Å². The van der Waals surface area contributed by atoms with Gasteiger partial charge in [0.1, 0.15) is 5.75 Å². The zero-order valence-corrected chi connectivity index (χ0v) is 17.9.